The van der Waals surface area contributed by atoms with Gasteiger partial charge in [0.1, 0.15) is 11.9 Å². The second-order valence-corrected chi connectivity index (χ2v) is 4.59. The summed E-state index contributed by atoms with van der Waals surface area (Å²) in [7, 11) is 0. The van der Waals surface area contributed by atoms with Gasteiger partial charge >= 0.3 is 11.9 Å². The van der Waals surface area contributed by atoms with Crippen molar-refractivity contribution in [1.82, 2.24) is 5.32 Å². The molecule has 1 rings (SSSR count). The van der Waals surface area contributed by atoms with Crippen LogP contribution in [0.15, 0.2) is 18.2 Å². The fraction of sp³-hybridized carbons (Fsp3) is 0.357. The first-order chi connectivity index (χ1) is 9.82. The largest absolute Gasteiger partial charge is 0.481 e. The molecule has 0 saturated carbocycles. The molecule has 21 heavy (non-hydrogen) atoms. The van der Waals surface area contributed by atoms with E-state index in [2.05, 4.69) is 5.32 Å². The van der Waals surface area contributed by atoms with Crippen LogP contribution in [0.5, 0.6) is 0 Å². The molecule has 7 heteroatoms. The van der Waals surface area contributed by atoms with Crippen molar-refractivity contribution in [2.45, 2.75) is 32.2 Å². The van der Waals surface area contributed by atoms with Crippen molar-refractivity contribution in [3.05, 3.63) is 35.1 Å². The van der Waals surface area contributed by atoms with Gasteiger partial charge in [0.15, 0.2) is 0 Å². The Hall–Kier alpha value is -2.44. The van der Waals surface area contributed by atoms with Crippen molar-refractivity contribution >= 4 is 17.8 Å². The second-order valence-electron chi connectivity index (χ2n) is 4.59. The van der Waals surface area contributed by atoms with Crippen molar-refractivity contribution in [1.29, 1.82) is 0 Å². The van der Waals surface area contributed by atoms with Gasteiger partial charge in [0.25, 0.3) is 5.91 Å². The lowest BCUT2D eigenvalue weighted by molar-refractivity contribution is -0.140. The zero-order chi connectivity index (χ0) is 16.0. The average Bonchev–Trinajstić information content (AvgIpc) is 2.40. The molecule has 0 aromatic heterocycles. The fourth-order valence-electron chi connectivity index (χ4n) is 1.77. The van der Waals surface area contributed by atoms with Gasteiger partial charge in [-0.2, -0.15) is 0 Å². The number of hydrogen-bond acceptors (Lipinski definition) is 3. The lowest BCUT2D eigenvalue weighted by Crippen LogP contribution is -2.41. The molecular formula is C14H16FNO5. The number of rotatable bonds is 7. The maximum absolute atomic E-state index is 13.8. The summed E-state index contributed by atoms with van der Waals surface area (Å²) in [5.74, 6) is -3.87. The van der Waals surface area contributed by atoms with E-state index in [9.17, 15) is 18.8 Å². The highest BCUT2D eigenvalue weighted by molar-refractivity contribution is 5.97. The van der Waals surface area contributed by atoms with E-state index in [-0.39, 0.29) is 30.4 Å². The predicted molar refractivity (Wildman–Crippen MR) is 71.5 cm³/mol. The van der Waals surface area contributed by atoms with Crippen LogP contribution in [0.3, 0.4) is 0 Å². The number of nitrogens with one attached hydrogen (secondary N) is 1. The molecule has 1 aromatic carbocycles. The number of aliphatic carboxylic acids is 2. The minimum Gasteiger partial charge on any atom is -0.481 e. The number of carbonyl (C=O) groups excluding carboxylic acids is 1. The Morgan fingerprint density at radius 2 is 1.95 bits per heavy atom. The molecule has 0 saturated heterocycles. The third-order valence-electron chi connectivity index (χ3n) is 2.92. The fourth-order valence-corrected chi connectivity index (χ4v) is 1.77. The first-order valence-corrected chi connectivity index (χ1v) is 6.33. The van der Waals surface area contributed by atoms with Gasteiger partial charge in [-0.25, -0.2) is 9.18 Å². The van der Waals surface area contributed by atoms with Gasteiger partial charge in [0.2, 0.25) is 0 Å². The SMILES string of the molecule is Cc1cccc(C(=O)N[C@H](CCCC(=O)O)C(=O)O)c1F. The summed E-state index contributed by atoms with van der Waals surface area (Å²) >= 11 is 0. The van der Waals surface area contributed by atoms with Crippen molar-refractivity contribution in [3.8, 4) is 0 Å². The summed E-state index contributed by atoms with van der Waals surface area (Å²) in [6.07, 6.45) is -0.137. The molecule has 0 aliphatic heterocycles. The third-order valence-corrected chi connectivity index (χ3v) is 2.92. The van der Waals surface area contributed by atoms with E-state index >= 15 is 0 Å². The smallest absolute Gasteiger partial charge is 0.326 e. The van der Waals surface area contributed by atoms with Crippen LogP contribution in [0, 0.1) is 12.7 Å². The minimum absolute atomic E-state index is 0.0409. The van der Waals surface area contributed by atoms with Crippen molar-refractivity contribution in [2.24, 2.45) is 0 Å². The summed E-state index contributed by atoms with van der Waals surface area (Å²) < 4.78 is 13.8. The summed E-state index contributed by atoms with van der Waals surface area (Å²) in [5.41, 5.74) is 0.0416. The first-order valence-electron chi connectivity index (χ1n) is 6.33. The summed E-state index contributed by atoms with van der Waals surface area (Å²) in [6, 6.07) is 2.99. The molecule has 0 aliphatic carbocycles. The molecule has 3 N–H and O–H groups in total. The van der Waals surface area contributed by atoms with Crippen molar-refractivity contribution in [3.63, 3.8) is 0 Å². The number of hydrogen-bond donors (Lipinski definition) is 3. The first kappa shape index (κ1) is 16.6. The Bertz CT molecular complexity index is 558. The molecule has 0 unspecified atom stereocenters. The standard InChI is InChI=1S/C14H16FNO5/c1-8-4-2-5-9(12(8)15)13(19)16-10(14(20)21)6-3-7-11(17)18/h2,4-5,10H,3,6-7H2,1H3,(H,16,19)(H,17,18)(H,20,21)/t10-/m1/s1. The minimum atomic E-state index is -1.29. The number of halogens is 1. The number of aryl methyl sites for hydroxylation is 1. The molecule has 1 amide bonds. The van der Waals surface area contributed by atoms with Gasteiger partial charge in [-0.15, -0.1) is 0 Å². The topological polar surface area (TPSA) is 104 Å². The monoisotopic (exact) mass is 297 g/mol. The number of amides is 1. The molecule has 1 atom stereocenters. The number of carboxylic acid groups (broad SMARTS) is 2. The normalized spacial score (nSPS) is 11.7. The Morgan fingerprint density at radius 1 is 1.29 bits per heavy atom. The van der Waals surface area contributed by atoms with E-state index in [1.165, 1.54) is 25.1 Å². The zero-order valence-corrected chi connectivity index (χ0v) is 11.4. The molecular weight excluding hydrogens is 281 g/mol. The molecule has 6 nitrogen and oxygen atoms in total. The molecule has 0 radical (unpaired) electrons. The number of benzene rings is 1. The quantitative estimate of drug-likeness (QED) is 0.708. The van der Waals surface area contributed by atoms with Gasteiger partial charge in [-0.05, 0) is 31.4 Å². The van der Waals surface area contributed by atoms with Crippen LogP contribution in [0.25, 0.3) is 0 Å². The Balaban J connectivity index is 2.74. The van der Waals surface area contributed by atoms with Gasteiger partial charge in [0.05, 0.1) is 5.56 Å². The predicted octanol–water partition coefficient (Wildman–Crippen LogP) is 1.57. The Labute approximate surface area is 120 Å². The van der Waals surface area contributed by atoms with Crippen molar-refractivity contribution in [2.75, 3.05) is 0 Å². The van der Waals surface area contributed by atoms with Crippen LogP contribution in [0.1, 0.15) is 35.2 Å². The Morgan fingerprint density at radius 3 is 2.52 bits per heavy atom. The maximum atomic E-state index is 13.8. The molecule has 0 fully saturated rings. The highest BCUT2D eigenvalue weighted by Crippen LogP contribution is 2.12. The van der Waals surface area contributed by atoms with E-state index in [0.717, 1.165) is 0 Å². The van der Waals surface area contributed by atoms with Crippen LogP contribution >= 0.6 is 0 Å². The lowest BCUT2D eigenvalue weighted by atomic mass is 10.1. The zero-order valence-electron chi connectivity index (χ0n) is 11.4. The van der Waals surface area contributed by atoms with Gasteiger partial charge in [-0.3, -0.25) is 9.59 Å². The van der Waals surface area contributed by atoms with E-state index in [4.69, 9.17) is 10.2 Å². The number of carbonyl (C=O) groups is 3. The molecule has 114 valence electrons. The third kappa shape index (κ3) is 4.87. The van der Waals surface area contributed by atoms with Crippen LogP contribution in [-0.2, 0) is 9.59 Å². The van der Waals surface area contributed by atoms with Crippen LogP contribution in [0.2, 0.25) is 0 Å². The highest BCUT2D eigenvalue weighted by Gasteiger charge is 2.22. The van der Waals surface area contributed by atoms with Crippen LogP contribution in [0.4, 0.5) is 4.39 Å². The number of carboxylic acids is 2. The van der Waals surface area contributed by atoms with E-state index in [1.807, 2.05) is 0 Å². The summed E-state index contributed by atoms with van der Waals surface area (Å²) in [4.78, 5) is 33.3. The van der Waals surface area contributed by atoms with E-state index in [1.54, 1.807) is 0 Å². The molecule has 0 bridgehead atoms. The lowest BCUT2D eigenvalue weighted by Gasteiger charge is -2.14. The molecule has 0 spiro atoms. The summed E-state index contributed by atoms with van der Waals surface area (Å²) in [5, 5.41) is 19.7. The average molecular weight is 297 g/mol. The molecule has 0 heterocycles. The van der Waals surface area contributed by atoms with Crippen LogP contribution < -0.4 is 5.32 Å². The van der Waals surface area contributed by atoms with E-state index in [0.29, 0.717) is 0 Å². The molecule has 0 aliphatic rings. The highest BCUT2D eigenvalue weighted by atomic mass is 19.1. The summed E-state index contributed by atoms with van der Waals surface area (Å²) in [6.45, 7) is 1.49. The van der Waals surface area contributed by atoms with Crippen LogP contribution in [-0.4, -0.2) is 34.1 Å². The van der Waals surface area contributed by atoms with Gasteiger partial charge in [-0.1, -0.05) is 12.1 Å². The maximum Gasteiger partial charge on any atom is 0.326 e. The second kappa shape index (κ2) is 7.37. The van der Waals surface area contributed by atoms with Gasteiger partial charge < -0.3 is 15.5 Å². The molecule has 1 aromatic rings. The van der Waals surface area contributed by atoms with E-state index < -0.39 is 29.7 Å². The Kier molecular flexibility index (Phi) is 5.83. The van der Waals surface area contributed by atoms with Gasteiger partial charge in [0, 0.05) is 6.42 Å². The van der Waals surface area contributed by atoms with Crippen molar-refractivity contribution < 1.29 is 29.0 Å².